The molecule has 1 aromatic carbocycles. The minimum atomic E-state index is 0.486. The van der Waals surface area contributed by atoms with Gasteiger partial charge in [0.15, 0.2) is 4.34 Å². The molecule has 2 N–H and O–H groups in total. The van der Waals surface area contributed by atoms with E-state index in [0.29, 0.717) is 6.54 Å². The number of thiazole rings is 1. The van der Waals surface area contributed by atoms with Gasteiger partial charge in [-0.15, -0.1) is 11.3 Å². The summed E-state index contributed by atoms with van der Waals surface area (Å²) in [7, 11) is 0. The van der Waals surface area contributed by atoms with Crippen molar-refractivity contribution >= 4 is 33.3 Å². The van der Waals surface area contributed by atoms with E-state index in [-0.39, 0.29) is 0 Å². The van der Waals surface area contributed by atoms with Crippen LogP contribution in [-0.4, -0.2) is 9.97 Å². The highest BCUT2D eigenvalue weighted by atomic mass is 32.2. The highest BCUT2D eigenvalue weighted by Gasteiger charge is 2.04. The van der Waals surface area contributed by atoms with Crippen molar-refractivity contribution in [2.24, 2.45) is 5.73 Å². The molecule has 0 aliphatic rings. The van der Waals surface area contributed by atoms with Crippen LogP contribution < -0.4 is 5.73 Å². The molecule has 0 spiro atoms. The van der Waals surface area contributed by atoms with E-state index in [1.54, 1.807) is 23.1 Å². The van der Waals surface area contributed by atoms with Gasteiger partial charge in [-0.05, 0) is 29.8 Å². The van der Waals surface area contributed by atoms with Gasteiger partial charge in [0.1, 0.15) is 0 Å². The summed E-state index contributed by atoms with van der Waals surface area (Å²) in [6.07, 6.45) is 1.82. The fourth-order valence-corrected chi connectivity index (χ4v) is 3.80. The molecule has 0 aliphatic carbocycles. The smallest absolute Gasteiger partial charge is 0.151 e. The van der Waals surface area contributed by atoms with E-state index < -0.39 is 0 Å². The number of pyridine rings is 1. The van der Waals surface area contributed by atoms with E-state index in [0.717, 1.165) is 21.3 Å². The average Bonchev–Trinajstić information content (AvgIpc) is 2.88. The quantitative estimate of drug-likeness (QED) is 0.747. The summed E-state index contributed by atoms with van der Waals surface area (Å²) in [5.41, 5.74) is 8.84. The van der Waals surface area contributed by atoms with Crippen molar-refractivity contribution in [3.05, 3.63) is 53.9 Å². The van der Waals surface area contributed by atoms with Gasteiger partial charge in [0.05, 0.1) is 15.9 Å². The fraction of sp³-hybridized carbons (Fsp3) is 0.143. The average molecular weight is 287 g/mol. The fourth-order valence-electron chi connectivity index (χ4n) is 1.79. The van der Waals surface area contributed by atoms with Gasteiger partial charge in [0.2, 0.25) is 0 Å². The lowest BCUT2D eigenvalue weighted by Crippen LogP contribution is -1.99. The summed E-state index contributed by atoms with van der Waals surface area (Å²) in [5.74, 6) is 0.898. The van der Waals surface area contributed by atoms with Crippen LogP contribution in [0.5, 0.6) is 0 Å². The minimum absolute atomic E-state index is 0.486. The Labute approximate surface area is 119 Å². The van der Waals surface area contributed by atoms with E-state index in [9.17, 15) is 0 Å². The van der Waals surface area contributed by atoms with E-state index in [4.69, 9.17) is 5.73 Å². The largest absolute Gasteiger partial charge is 0.325 e. The topological polar surface area (TPSA) is 51.8 Å². The first-order valence-electron chi connectivity index (χ1n) is 5.97. The predicted molar refractivity (Wildman–Crippen MR) is 81.3 cm³/mol. The number of thioether (sulfide) groups is 1. The summed E-state index contributed by atoms with van der Waals surface area (Å²) in [5, 5.41) is 0. The van der Waals surface area contributed by atoms with Crippen LogP contribution in [0, 0.1) is 0 Å². The van der Waals surface area contributed by atoms with Crippen LogP contribution in [0.25, 0.3) is 10.2 Å². The molecule has 19 heavy (non-hydrogen) atoms. The molecule has 96 valence electrons. The van der Waals surface area contributed by atoms with Crippen molar-refractivity contribution in [1.29, 1.82) is 0 Å². The Balaban J connectivity index is 1.74. The molecule has 0 amide bonds. The third kappa shape index (κ3) is 2.94. The summed E-state index contributed by atoms with van der Waals surface area (Å²) in [6, 6.07) is 12.3. The lowest BCUT2D eigenvalue weighted by molar-refractivity contribution is 0.983. The van der Waals surface area contributed by atoms with Gasteiger partial charge in [-0.25, -0.2) is 4.98 Å². The van der Waals surface area contributed by atoms with E-state index in [2.05, 4.69) is 28.2 Å². The molecular formula is C14H13N3S2. The molecule has 5 heteroatoms. The van der Waals surface area contributed by atoms with Crippen molar-refractivity contribution < 1.29 is 0 Å². The number of benzene rings is 1. The number of rotatable bonds is 4. The number of hydrogen-bond donors (Lipinski definition) is 1. The van der Waals surface area contributed by atoms with Gasteiger partial charge < -0.3 is 5.73 Å². The van der Waals surface area contributed by atoms with Crippen molar-refractivity contribution in [3.63, 3.8) is 0 Å². The Morgan fingerprint density at radius 2 is 2.11 bits per heavy atom. The number of para-hydroxylation sites is 1. The molecule has 0 atom stereocenters. The second-order valence-corrected chi connectivity index (χ2v) is 6.35. The molecule has 3 aromatic rings. The van der Waals surface area contributed by atoms with Gasteiger partial charge in [-0.3, -0.25) is 4.98 Å². The van der Waals surface area contributed by atoms with Gasteiger partial charge in [-0.2, -0.15) is 0 Å². The normalized spacial score (nSPS) is 11.0. The lowest BCUT2D eigenvalue weighted by atomic mass is 10.2. The lowest BCUT2D eigenvalue weighted by Gasteiger charge is -2.01. The number of hydrogen-bond acceptors (Lipinski definition) is 5. The molecule has 2 heterocycles. The second-order valence-electron chi connectivity index (χ2n) is 4.10. The third-order valence-corrected chi connectivity index (χ3v) is 4.98. The van der Waals surface area contributed by atoms with Crippen molar-refractivity contribution in [3.8, 4) is 0 Å². The maximum Gasteiger partial charge on any atom is 0.151 e. The zero-order valence-corrected chi connectivity index (χ0v) is 11.9. The van der Waals surface area contributed by atoms with Crippen molar-refractivity contribution in [2.75, 3.05) is 0 Å². The molecule has 3 rings (SSSR count). The van der Waals surface area contributed by atoms with Crippen LogP contribution in [-0.2, 0) is 12.3 Å². The van der Waals surface area contributed by atoms with Gasteiger partial charge in [0, 0.05) is 18.5 Å². The maximum absolute atomic E-state index is 5.60. The molecule has 0 fully saturated rings. The van der Waals surface area contributed by atoms with Crippen LogP contribution in [0.15, 0.2) is 46.9 Å². The maximum atomic E-state index is 5.60. The van der Waals surface area contributed by atoms with E-state index in [1.807, 2.05) is 24.4 Å². The number of nitrogens with zero attached hydrogens (tertiary/aromatic N) is 2. The molecule has 0 radical (unpaired) electrons. The van der Waals surface area contributed by atoms with Crippen molar-refractivity contribution in [2.45, 2.75) is 16.6 Å². The molecule has 3 nitrogen and oxygen atoms in total. The summed E-state index contributed by atoms with van der Waals surface area (Å²) >= 11 is 3.50. The molecule has 0 aliphatic heterocycles. The van der Waals surface area contributed by atoms with Crippen LogP contribution in [0.4, 0.5) is 0 Å². The standard InChI is InChI=1S/C14H13N3S2/c15-8-11-7-10(5-6-16-11)9-18-14-17-12-3-1-2-4-13(12)19-14/h1-7H,8-9,15H2. The number of aromatic nitrogens is 2. The minimum Gasteiger partial charge on any atom is -0.325 e. The Kier molecular flexibility index (Phi) is 3.77. The first-order chi connectivity index (χ1) is 9.35. The zero-order valence-electron chi connectivity index (χ0n) is 10.2. The van der Waals surface area contributed by atoms with E-state index in [1.165, 1.54) is 10.3 Å². The zero-order chi connectivity index (χ0) is 13.1. The van der Waals surface area contributed by atoms with Crippen molar-refractivity contribution in [1.82, 2.24) is 9.97 Å². The Bertz CT molecular complexity index is 661. The number of fused-ring (bicyclic) bond motifs is 1. The van der Waals surface area contributed by atoms with Crippen LogP contribution in [0.2, 0.25) is 0 Å². The van der Waals surface area contributed by atoms with E-state index >= 15 is 0 Å². The highest BCUT2D eigenvalue weighted by molar-refractivity contribution is 8.00. The SMILES string of the molecule is NCc1cc(CSc2nc3ccccc3s2)ccn1. The third-order valence-electron chi connectivity index (χ3n) is 2.73. The molecule has 0 saturated heterocycles. The second kappa shape index (κ2) is 5.69. The van der Waals surface area contributed by atoms with Crippen LogP contribution in [0.3, 0.4) is 0 Å². The Morgan fingerprint density at radius 3 is 2.95 bits per heavy atom. The predicted octanol–water partition coefficient (Wildman–Crippen LogP) is 3.44. The summed E-state index contributed by atoms with van der Waals surface area (Å²) in [6.45, 7) is 0.486. The van der Waals surface area contributed by atoms with Crippen LogP contribution >= 0.6 is 23.1 Å². The van der Waals surface area contributed by atoms with Gasteiger partial charge in [0.25, 0.3) is 0 Å². The molecule has 0 unspecified atom stereocenters. The molecular weight excluding hydrogens is 274 g/mol. The molecule has 0 bridgehead atoms. The van der Waals surface area contributed by atoms with Crippen LogP contribution in [0.1, 0.15) is 11.3 Å². The highest BCUT2D eigenvalue weighted by Crippen LogP contribution is 2.31. The molecule has 2 aromatic heterocycles. The Hall–Kier alpha value is -1.43. The Morgan fingerprint density at radius 1 is 1.21 bits per heavy atom. The van der Waals surface area contributed by atoms with Gasteiger partial charge in [-0.1, -0.05) is 23.9 Å². The first kappa shape index (κ1) is 12.6. The first-order valence-corrected chi connectivity index (χ1v) is 7.77. The summed E-state index contributed by atoms with van der Waals surface area (Å²) < 4.78 is 2.34. The monoisotopic (exact) mass is 287 g/mol. The molecule has 0 saturated carbocycles. The summed E-state index contributed by atoms with van der Waals surface area (Å²) in [4.78, 5) is 8.81. The number of nitrogens with two attached hydrogens (primary N) is 1. The van der Waals surface area contributed by atoms with Gasteiger partial charge >= 0.3 is 0 Å².